The van der Waals surface area contributed by atoms with E-state index in [1.165, 1.54) is 58.3 Å². The zero-order valence-corrected chi connectivity index (χ0v) is 42.2. The maximum atomic E-state index is 13.6. The van der Waals surface area contributed by atoms with Crippen LogP contribution in [0, 0.1) is 0 Å². The minimum atomic E-state index is -1.77. The Hall–Kier alpha value is -8.85. The number of carbonyl (C=O) groups excluding carboxylic acids is 10. The quantitative estimate of drug-likeness (QED) is 0.0247. The molecule has 0 unspecified atom stereocenters. The van der Waals surface area contributed by atoms with Gasteiger partial charge >= 0.3 is 11.9 Å². The zero-order valence-electron chi connectivity index (χ0n) is 42.2. The van der Waals surface area contributed by atoms with E-state index in [1.54, 1.807) is 0 Å². The summed E-state index contributed by atoms with van der Waals surface area (Å²) in [5, 5.41) is 51.6. The maximum Gasteiger partial charge on any atom is 0.322 e. The number of aromatic amines is 3. The van der Waals surface area contributed by atoms with Gasteiger partial charge in [-0.3, -0.25) is 57.5 Å². The Morgan fingerprint density at radius 3 is 1.36 bits per heavy atom. The van der Waals surface area contributed by atoms with E-state index in [-0.39, 0.29) is 25.7 Å². The molecule has 3 aromatic heterocycles. The van der Waals surface area contributed by atoms with E-state index < -0.39 is 152 Å². The third kappa shape index (κ3) is 22.3. The fourth-order valence-electron chi connectivity index (χ4n) is 6.83. The molecule has 0 saturated heterocycles. The Morgan fingerprint density at radius 2 is 0.896 bits per heavy atom. The summed E-state index contributed by atoms with van der Waals surface area (Å²) < 4.78 is 0. The molecule has 3 rings (SSSR count). The van der Waals surface area contributed by atoms with Crippen LogP contribution in [0.2, 0.25) is 0 Å². The fraction of sp³-hybridized carbons (Fsp3) is 0.523. The van der Waals surface area contributed by atoms with E-state index in [0.29, 0.717) is 36.5 Å². The highest BCUT2D eigenvalue weighted by Gasteiger charge is 2.34. The highest BCUT2D eigenvalue weighted by molar-refractivity contribution is 5.99. The molecule has 0 aliphatic rings. The van der Waals surface area contributed by atoms with Gasteiger partial charge in [-0.15, -0.1) is 0 Å². The predicted molar refractivity (Wildman–Crippen MR) is 263 cm³/mol. The number of aromatic nitrogens is 6. The number of hydrogen-bond donors (Lipinski definition) is 18. The molecule has 77 heavy (non-hydrogen) atoms. The van der Waals surface area contributed by atoms with Crippen molar-refractivity contribution in [1.82, 2.24) is 83.1 Å². The molecule has 3 aromatic rings. The molecule has 0 saturated carbocycles. The number of H-pyrrole nitrogens is 3. The van der Waals surface area contributed by atoms with Crippen LogP contribution in [0.4, 0.5) is 0 Å². The van der Waals surface area contributed by atoms with Crippen LogP contribution in [-0.2, 0) is 76.8 Å². The van der Waals surface area contributed by atoms with E-state index in [9.17, 15) is 67.7 Å². The second-order valence-electron chi connectivity index (χ2n) is 17.4. The predicted octanol–water partition coefficient (Wildman–Crippen LogP) is -7.94. The average Bonchev–Trinajstić information content (AvgIpc) is 4.21. The molecular formula is C44H66N18O15. The number of hydrogen-bond acceptors (Lipinski definition) is 18. The van der Waals surface area contributed by atoms with Gasteiger partial charge in [0.25, 0.3) is 0 Å². The number of aliphatic hydroxyl groups excluding tert-OH is 1. The van der Waals surface area contributed by atoms with E-state index in [0.717, 1.165) is 0 Å². The Kier molecular flexibility index (Phi) is 25.8. The molecule has 10 amide bonds. The lowest BCUT2D eigenvalue weighted by Gasteiger charge is -2.25. The van der Waals surface area contributed by atoms with Crippen LogP contribution < -0.4 is 64.6 Å². The SMILES string of the molecule is C[C@H](NC(=O)[C@H](C)NC(=O)[C@H](CC(=O)O)NC(=O)[C@H](Cc1cnc[nH]1)NC(=O)[C@@H](N)CCCCN)C(=O)N[C@@H](Cc1cnc[nH]1)C(=O)N[C@@H](C)C(=O)NCC(=O)N[C@@H](CO)C(=O)N[C@@H](Cc1cnc[nH]1)C(=O)NCC(=O)O. The number of carboxylic acid groups (broad SMARTS) is 2. The van der Waals surface area contributed by atoms with E-state index in [2.05, 4.69) is 83.1 Å². The summed E-state index contributed by atoms with van der Waals surface area (Å²) in [6, 6.07) is -12.8. The van der Waals surface area contributed by atoms with Gasteiger partial charge in [-0.1, -0.05) is 6.42 Å². The first-order valence-corrected chi connectivity index (χ1v) is 23.9. The van der Waals surface area contributed by atoms with Crippen LogP contribution in [0.5, 0.6) is 0 Å². The van der Waals surface area contributed by atoms with Gasteiger partial charge in [0.15, 0.2) is 0 Å². The fourth-order valence-corrected chi connectivity index (χ4v) is 6.83. The minimum absolute atomic E-state index is 0.160. The highest BCUT2D eigenvalue weighted by Crippen LogP contribution is 2.07. The number of aliphatic hydroxyl groups is 1. The second kappa shape index (κ2) is 31.8. The van der Waals surface area contributed by atoms with Crippen LogP contribution in [0.15, 0.2) is 37.6 Å². The Labute approximate surface area is 438 Å². The normalized spacial score (nSPS) is 14.4. The number of aliphatic carboxylic acids is 2. The van der Waals surface area contributed by atoms with Gasteiger partial charge in [-0.05, 0) is 40.2 Å². The van der Waals surface area contributed by atoms with E-state index >= 15 is 0 Å². The van der Waals surface area contributed by atoms with Gasteiger partial charge in [0.05, 0.1) is 44.6 Å². The highest BCUT2D eigenvalue weighted by atomic mass is 16.4. The summed E-state index contributed by atoms with van der Waals surface area (Å²) in [4.78, 5) is 174. The lowest BCUT2D eigenvalue weighted by molar-refractivity contribution is -0.141. The molecule has 0 spiro atoms. The van der Waals surface area contributed by atoms with Gasteiger partial charge in [0, 0.05) is 54.9 Å². The van der Waals surface area contributed by atoms with Crippen molar-refractivity contribution in [2.75, 3.05) is 26.2 Å². The largest absolute Gasteiger partial charge is 0.481 e. The van der Waals surface area contributed by atoms with Crippen LogP contribution in [0.1, 0.15) is 63.5 Å². The second-order valence-corrected chi connectivity index (χ2v) is 17.4. The monoisotopic (exact) mass is 1090 g/mol. The van der Waals surface area contributed by atoms with Crippen LogP contribution in [0.25, 0.3) is 0 Å². The summed E-state index contributed by atoms with van der Waals surface area (Å²) in [5.74, 6) is -12.3. The summed E-state index contributed by atoms with van der Waals surface area (Å²) >= 11 is 0. The van der Waals surface area contributed by atoms with Crippen molar-refractivity contribution in [1.29, 1.82) is 0 Å². The zero-order chi connectivity index (χ0) is 57.2. The van der Waals surface area contributed by atoms with Crippen molar-refractivity contribution in [3.63, 3.8) is 0 Å². The van der Waals surface area contributed by atoms with Crippen molar-refractivity contribution >= 4 is 71.0 Å². The van der Waals surface area contributed by atoms with Crippen LogP contribution >= 0.6 is 0 Å². The maximum absolute atomic E-state index is 13.6. The van der Waals surface area contributed by atoms with Gasteiger partial charge in [0.2, 0.25) is 59.1 Å². The van der Waals surface area contributed by atoms with E-state index in [1.807, 2.05) is 0 Å². The first kappa shape index (κ1) is 62.4. The number of carbonyl (C=O) groups is 12. The lowest BCUT2D eigenvalue weighted by Crippen LogP contribution is -2.59. The van der Waals surface area contributed by atoms with Gasteiger partial charge < -0.3 is 94.9 Å². The number of imidazole rings is 3. The molecule has 9 atom stereocenters. The number of rotatable bonds is 34. The summed E-state index contributed by atoms with van der Waals surface area (Å²) in [6.45, 7) is 1.55. The Balaban J connectivity index is 1.59. The van der Waals surface area contributed by atoms with Crippen molar-refractivity contribution in [2.45, 2.75) is 120 Å². The lowest BCUT2D eigenvalue weighted by atomic mass is 10.1. The molecule has 0 aromatic carbocycles. The van der Waals surface area contributed by atoms with Gasteiger partial charge in [-0.2, -0.15) is 0 Å². The van der Waals surface area contributed by atoms with Crippen molar-refractivity contribution < 1.29 is 72.9 Å². The third-order valence-electron chi connectivity index (χ3n) is 11.1. The van der Waals surface area contributed by atoms with Crippen molar-refractivity contribution in [3.05, 3.63) is 54.7 Å². The first-order valence-electron chi connectivity index (χ1n) is 23.9. The number of nitrogens with two attached hydrogens (primary N) is 2. The number of carboxylic acids is 2. The summed E-state index contributed by atoms with van der Waals surface area (Å²) in [7, 11) is 0. The van der Waals surface area contributed by atoms with Crippen LogP contribution in [-0.4, -0.2) is 197 Å². The topological polar surface area (TPSA) is 524 Å². The molecule has 0 aliphatic carbocycles. The van der Waals surface area contributed by atoms with Gasteiger partial charge in [-0.25, -0.2) is 15.0 Å². The Morgan fingerprint density at radius 1 is 0.494 bits per heavy atom. The summed E-state index contributed by atoms with van der Waals surface area (Å²) in [6.07, 6.45) is 7.89. The standard InChI is InChI=1S/C44H66N18O15/c1-21(36(69)50-15-33(64)58-32(17-63)44(77)61-28(8-24-12-47-18-52-24)40(73)51-16-35(67)68)56-41(74)29(9-25-13-48-19-53-25)59-38(71)23(3)55-37(70)22(2)57-42(75)31(11-34(65)66)62-43(76)30(10-26-14-49-20-54-26)60-39(72)27(46)6-4-5-7-45/h12-14,18-23,27-32,63H,4-11,15-17,45-46H2,1-3H3,(H,47,52)(H,48,53)(H,49,54)(H,50,69)(H,51,73)(H,55,70)(H,56,74)(H,57,75)(H,58,64)(H,59,71)(H,60,72)(H,61,77)(H,62,76)(H,65,66)(H,67,68)/t21-,22-,23-,27-,28-,29-,30-,31-,32-/m0/s1. The van der Waals surface area contributed by atoms with Crippen LogP contribution in [0.3, 0.4) is 0 Å². The Bertz CT molecular complexity index is 2470. The molecular weight excluding hydrogens is 1020 g/mol. The minimum Gasteiger partial charge on any atom is -0.481 e. The van der Waals surface area contributed by atoms with Crippen molar-refractivity contribution in [3.8, 4) is 0 Å². The molecule has 0 radical (unpaired) electrons. The number of nitrogens with one attached hydrogen (secondary N) is 13. The average molecular weight is 1090 g/mol. The van der Waals surface area contributed by atoms with Gasteiger partial charge in [0.1, 0.15) is 54.9 Å². The smallest absolute Gasteiger partial charge is 0.322 e. The molecule has 0 fully saturated rings. The molecule has 33 heteroatoms. The molecule has 422 valence electrons. The van der Waals surface area contributed by atoms with Crippen molar-refractivity contribution in [2.24, 2.45) is 11.5 Å². The molecule has 20 N–H and O–H groups in total. The number of nitrogens with zero attached hydrogens (tertiary/aromatic N) is 3. The number of amides is 10. The third-order valence-corrected chi connectivity index (χ3v) is 11.1. The molecule has 0 aliphatic heterocycles. The first-order chi connectivity index (χ1) is 36.5. The molecule has 0 bridgehead atoms. The molecule has 33 nitrogen and oxygen atoms in total. The van der Waals surface area contributed by atoms with E-state index in [4.69, 9.17) is 16.6 Å². The molecule has 3 heterocycles. The summed E-state index contributed by atoms with van der Waals surface area (Å²) in [5.41, 5.74) is 12.7. The number of unbranched alkanes of at least 4 members (excludes halogenated alkanes) is 1.